The Hall–Kier alpha value is -1.59. The summed E-state index contributed by atoms with van der Waals surface area (Å²) in [6, 6.07) is 5.58. The van der Waals surface area contributed by atoms with E-state index < -0.39 is 0 Å². The maximum atomic E-state index is 13.0. The summed E-state index contributed by atoms with van der Waals surface area (Å²) in [6.45, 7) is 7.29. The van der Waals surface area contributed by atoms with E-state index in [2.05, 4.69) is 23.8 Å². The lowest BCUT2D eigenvalue weighted by Crippen LogP contribution is -2.46. The molecule has 0 spiro atoms. The number of benzene rings is 1. The molecule has 0 aliphatic carbocycles. The van der Waals surface area contributed by atoms with Crippen molar-refractivity contribution in [3.05, 3.63) is 23.8 Å². The Labute approximate surface area is 215 Å². The Morgan fingerprint density at radius 2 is 1.34 bits per heavy atom. The molecule has 35 heavy (non-hydrogen) atoms. The topological polar surface area (TPSA) is 42.0 Å². The van der Waals surface area contributed by atoms with Gasteiger partial charge in [0, 0.05) is 32.2 Å². The number of methoxy groups -OCH3 is 1. The van der Waals surface area contributed by atoms with E-state index in [-0.39, 0.29) is 5.78 Å². The molecular weight excluding hydrogens is 436 g/mol. The smallest absolute Gasteiger partial charge is 0.180 e. The highest BCUT2D eigenvalue weighted by Crippen LogP contribution is 2.26. The molecule has 1 fully saturated rings. The molecule has 0 unspecified atom stereocenters. The predicted molar refractivity (Wildman–Crippen MR) is 147 cm³/mol. The minimum Gasteiger partial charge on any atom is -0.497 e. The van der Waals surface area contributed by atoms with Crippen molar-refractivity contribution in [2.24, 2.45) is 0 Å². The van der Waals surface area contributed by atoms with Crippen LogP contribution < -0.4 is 9.47 Å². The highest BCUT2D eigenvalue weighted by molar-refractivity contribution is 6.00. The molecule has 0 amide bonds. The van der Waals surface area contributed by atoms with Gasteiger partial charge >= 0.3 is 0 Å². The quantitative estimate of drug-likeness (QED) is 0.146. The predicted octanol–water partition coefficient (Wildman–Crippen LogP) is 6.99. The monoisotopic (exact) mass is 488 g/mol. The minimum atomic E-state index is 0.133. The van der Waals surface area contributed by atoms with Crippen LogP contribution in [0.15, 0.2) is 18.2 Å². The van der Waals surface area contributed by atoms with Crippen molar-refractivity contribution >= 4 is 5.78 Å². The van der Waals surface area contributed by atoms with Crippen molar-refractivity contribution in [3.8, 4) is 11.5 Å². The maximum Gasteiger partial charge on any atom is 0.180 e. The van der Waals surface area contributed by atoms with Crippen LogP contribution in [0.5, 0.6) is 11.5 Å². The second-order valence-electron chi connectivity index (χ2n) is 10.3. The average molecular weight is 489 g/mol. The third kappa shape index (κ3) is 12.8. The van der Waals surface area contributed by atoms with Gasteiger partial charge in [-0.05, 0) is 25.6 Å². The fourth-order valence-corrected chi connectivity index (χ4v) is 4.75. The molecule has 0 radical (unpaired) electrons. The molecule has 0 saturated carbocycles. The van der Waals surface area contributed by atoms with Crippen LogP contribution in [0, 0.1) is 0 Å². The molecule has 0 aromatic heterocycles. The summed E-state index contributed by atoms with van der Waals surface area (Å²) in [5.74, 6) is 1.53. The summed E-state index contributed by atoms with van der Waals surface area (Å²) in [4.78, 5) is 17.5. The molecule has 5 heteroatoms. The highest BCUT2D eigenvalue weighted by atomic mass is 16.5. The molecule has 2 rings (SSSR count). The zero-order valence-electron chi connectivity index (χ0n) is 23.0. The van der Waals surface area contributed by atoms with Crippen molar-refractivity contribution in [1.29, 1.82) is 0 Å². The lowest BCUT2D eigenvalue weighted by Gasteiger charge is -2.31. The van der Waals surface area contributed by atoms with Gasteiger partial charge in [0.15, 0.2) is 5.78 Å². The van der Waals surface area contributed by atoms with Crippen LogP contribution in [0.3, 0.4) is 0 Å². The van der Waals surface area contributed by atoms with Gasteiger partial charge in [-0.3, -0.25) is 9.69 Å². The van der Waals surface area contributed by atoms with Crippen molar-refractivity contribution < 1.29 is 14.3 Å². The molecule has 200 valence electrons. The molecule has 0 N–H and O–H groups in total. The lowest BCUT2D eigenvalue weighted by atomic mass is 10.0. The Balaban J connectivity index is 1.58. The first-order valence-corrected chi connectivity index (χ1v) is 14.4. The number of unbranched alkanes of at least 4 members (excludes halogenated alkanes) is 13. The fraction of sp³-hybridized carbons (Fsp3) is 0.767. The largest absolute Gasteiger partial charge is 0.497 e. The zero-order valence-corrected chi connectivity index (χ0v) is 23.0. The van der Waals surface area contributed by atoms with E-state index in [0.717, 1.165) is 38.3 Å². The molecule has 5 nitrogen and oxygen atoms in total. The minimum absolute atomic E-state index is 0.133. The first kappa shape index (κ1) is 29.6. The number of hydrogen-bond acceptors (Lipinski definition) is 5. The van der Waals surface area contributed by atoms with E-state index in [4.69, 9.17) is 9.47 Å². The second-order valence-corrected chi connectivity index (χ2v) is 10.3. The Bertz CT molecular complexity index is 686. The third-order valence-corrected chi connectivity index (χ3v) is 7.21. The van der Waals surface area contributed by atoms with Crippen LogP contribution >= 0.6 is 0 Å². The Kier molecular flexibility index (Phi) is 15.8. The SMILES string of the molecule is CCCCCCCCCCCCCCCCOc1cc(OC)ccc1C(=O)CN1CCN(C)CC1. The molecule has 1 aliphatic rings. The van der Waals surface area contributed by atoms with E-state index in [0.29, 0.717) is 24.5 Å². The van der Waals surface area contributed by atoms with Gasteiger partial charge < -0.3 is 14.4 Å². The van der Waals surface area contributed by atoms with Crippen molar-refractivity contribution in [2.45, 2.75) is 96.8 Å². The van der Waals surface area contributed by atoms with Crippen LogP contribution in [0.2, 0.25) is 0 Å². The Morgan fingerprint density at radius 3 is 1.89 bits per heavy atom. The number of carbonyl (C=O) groups is 1. The fourth-order valence-electron chi connectivity index (χ4n) is 4.75. The average Bonchev–Trinajstić information content (AvgIpc) is 2.87. The summed E-state index contributed by atoms with van der Waals surface area (Å²) in [6.07, 6.45) is 18.8. The molecule has 1 aliphatic heterocycles. The first-order chi connectivity index (χ1) is 17.1. The Morgan fingerprint density at radius 1 is 0.800 bits per heavy atom. The summed E-state index contributed by atoms with van der Waals surface area (Å²) in [7, 11) is 3.78. The van der Waals surface area contributed by atoms with Crippen LogP contribution in [-0.2, 0) is 0 Å². The number of nitrogens with zero attached hydrogens (tertiary/aromatic N) is 2. The maximum absolute atomic E-state index is 13.0. The standard InChI is InChI=1S/C30H52N2O3/c1-4-5-6-7-8-9-10-11-12-13-14-15-16-17-24-35-30-25-27(34-3)18-19-28(30)29(33)26-32-22-20-31(2)21-23-32/h18-19,25H,4-17,20-24,26H2,1-3H3. The molecule has 1 aromatic carbocycles. The molecule has 0 atom stereocenters. The lowest BCUT2D eigenvalue weighted by molar-refractivity contribution is 0.0872. The number of Topliss-reactive ketones (excluding diaryl/α,β-unsaturated/α-hetero) is 1. The van der Waals surface area contributed by atoms with E-state index in [1.165, 1.54) is 83.5 Å². The molecule has 1 aromatic rings. The van der Waals surface area contributed by atoms with E-state index >= 15 is 0 Å². The van der Waals surface area contributed by atoms with Crippen molar-refractivity contribution in [1.82, 2.24) is 9.80 Å². The zero-order chi connectivity index (χ0) is 25.1. The van der Waals surface area contributed by atoms with Crippen LogP contribution in [0.4, 0.5) is 0 Å². The van der Waals surface area contributed by atoms with Crippen LogP contribution in [-0.4, -0.2) is 69.1 Å². The highest BCUT2D eigenvalue weighted by Gasteiger charge is 2.20. The number of ketones is 1. The molecule has 0 bridgehead atoms. The third-order valence-electron chi connectivity index (χ3n) is 7.21. The van der Waals surface area contributed by atoms with Crippen LogP contribution in [0.1, 0.15) is 107 Å². The second kappa shape index (κ2) is 18.6. The molecular formula is C30H52N2O3. The number of rotatable bonds is 20. The summed E-state index contributed by atoms with van der Waals surface area (Å²) in [5.41, 5.74) is 0.676. The van der Waals surface area contributed by atoms with Gasteiger partial charge in [0.05, 0.1) is 25.8 Å². The number of carbonyl (C=O) groups excluding carboxylic acids is 1. The van der Waals surface area contributed by atoms with Gasteiger partial charge in [0.2, 0.25) is 0 Å². The number of ether oxygens (including phenoxy) is 2. The van der Waals surface area contributed by atoms with Crippen molar-refractivity contribution in [3.63, 3.8) is 0 Å². The van der Waals surface area contributed by atoms with E-state index in [9.17, 15) is 4.79 Å². The summed E-state index contributed by atoms with van der Waals surface area (Å²) < 4.78 is 11.5. The summed E-state index contributed by atoms with van der Waals surface area (Å²) in [5, 5.41) is 0. The number of hydrogen-bond donors (Lipinski definition) is 0. The van der Waals surface area contributed by atoms with Gasteiger partial charge in [-0.25, -0.2) is 0 Å². The van der Waals surface area contributed by atoms with Gasteiger partial charge in [-0.2, -0.15) is 0 Å². The summed E-state index contributed by atoms with van der Waals surface area (Å²) >= 11 is 0. The van der Waals surface area contributed by atoms with Gasteiger partial charge in [0.1, 0.15) is 11.5 Å². The van der Waals surface area contributed by atoms with E-state index in [1.54, 1.807) is 7.11 Å². The number of likely N-dealkylation sites (N-methyl/N-ethyl adjacent to an activating group) is 1. The first-order valence-electron chi connectivity index (χ1n) is 14.4. The van der Waals surface area contributed by atoms with Gasteiger partial charge in [0.25, 0.3) is 0 Å². The van der Waals surface area contributed by atoms with Crippen molar-refractivity contribution in [2.75, 3.05) is 53.5 Å². The number of piperazine rings is 1. The van der Waals surface area contributed by atoms with Gasteiger partial charge in [-0.1, -0.05) is 90.4 Å². The van der Waals surface area contributed by atoms with Gasteiger partial charge in [-0.15, -0.1) is 0 Å². The normalized spacial score (nSPS) is 14.8. The van der Waals surface area contributed by atoms with Crippen LogP contribution in [0.25, 0.3) is 0 Å². The molecule has 1 heterocycles. The molecule has 1 saturated heterocycles. The van der Waals surface area contributed by atoms with E-state index in [1.807, 2.05) is 18.2 Å².